The van der Waals surface area contributed by atoms with E-state index in [2.05, 4.69) is 0 Å². The van der Waals surface area contributed by atoms with Crippen LogP contribution in [0.5, 0.6) is 0 Å². The van der Waals surface area contributed by atoms with Crippen LogP contribution in [0, 0.1) is 22.7 Å². The van der Waals surface area contributed by atoms with Crippen molar-refractivity contribution in [2.24, 2.45) is 22.7 Å². The van der Waals surface area contributed by atoms with Crippen molar-refractivity contribution in [2.75, 3.05) is 0 Å². The molecule has 2 unspecified atom stereocenters. The molecule has 0 bridgehead atoms. The molecule has 0 aromatic heterocycles. The van der Waals surface area contributed by atoms with Gasteiger partial charge in [-0.2, -0.15) is 0 Å². The Labute approximate surface area is 106 Å². The SMILES string of the molecule is C[C@]12CC(=O)C(CC=O)[C@@]1(C)CC(=O)C2CC=O. The third kappa shape index (κ3) is 1.44. The molecule has 0 aromatic rings. The molecule has 0 radical (unpaired) electrons. The topological polar surface area (TPSA) is 68.3 Å². The standard InChI is InChI=1S/C14H18O4/c1-13-7-11(17)10(4-6-16)14(13,2)8-12(18)9(13)3-5-15/h5-6,9-10H,3-4,7-8H2,1-2H3/t9?,10?,13-,14-/m1/s1. The van der Waals surface area contributed by atoms with Crippen LogP contribution >= 0.6 is 0 Å². The number of hydrogen-bond acceptors (Lipinski definition) is 4. The molecule has 0 spiro atoms. The number of carbonyl (C=O) groups is 4. The molecule has 4 atom stereocenters. The minimum Gasteiger partial charge on any atom is -0.303 e. The van der Waals surface area contributed by atoms with Crippen LogP contribution in [0.1, 0.15) is 39.5 Å². The fraction of sp³-hybridized carbons (Fsp3) is 0.714. The molecule has 0 N–H and O–H groups in total. The molecule has 4 heteroatoms. The van der Waals surface area contributed by atoms with Gasteiger partial charge in [0, 0.05) is 37.5 Å². The van der Waals surface area contributed by atoms with Gasteiger partial charge in [0.05, 0.1) is 0 Å². The number of fused-ring (bicyclic) bond motifs is 1. The average molecular weight is 250 g/mol. The van der Waals surface area contributed by atoms with E-state index in [-0.39, 0.29) is 36.2 Å². The molecule has 0 amide bonds. The first-order valence-corrected chi connectivity index (χ1v) is 6.33. The number of ketones is 2. The van der Waals surface area contributed by atoms with Gasteiger partial charge in [0.15, 0.2) is 0 Å². The van der Waals surface area contributed by atoms with Crippen LogP contribution < -0.4 is 0 Å². The second-order valence-corrected chi connectivity index (χ2v) is 6.03. The third-order valence-corrected chi connectivity index (χ3v) is 5.37. The monoisotopic (exact) mass is 250 g/mol. The maximum absolute atomic E-state index is 12.1. The average Bonchev–Trinajstić information content (AvgIpc) is 2.58. The number of rotatable bonds is 4. The van der Waals surface area contributed by atoms with Crippen LogP contribution in [0.3, 0.4) is 0 Å². The Morgan fingerprint density at radius 2 is 1.28 bits per heavy atom. The summed E-state index contributed by atoms with van der Waals surface area (Å²) in [4.78, 5) is 45.6. The summed E-state index contributed by atoms with van der Waals surface area (Å²) in [6, 6.07) is 0. The molecule has 18 heavy (non-hydrogen) atoms. The molecular weight excluding hydrogens is 232 g/mol. The largest absolute Gasteiger partial charge is 0.303 e. The van der Waals surface area contributed by atoms with Crippen molar-refractivity contribution in [3.05, 3.63) is 0 Å². The summed E-state index contributed by atoms with van der Waals surface area (Å²) in [5.41, 5.74) is -0.925. The van der Waals surface area contributed by atoms with Gasteiger partial charge in [-0.3, -0.25) is 9.59 Å². The molecule has 2 rings (SSSR count). The van der Waals surface area contributed by atoms with E-state index in [4.69, 9.17) is 0 Å². The van der Waals surface area contributed by atoms with Gasteiger partial charge in [-0.15, -0.1) is 0 Å². The van der Waals surface area contributed by atoms with E-state index in [1.807, 2.05) is 13.8 Å². The molecule has 0 saturated heterocycles. The first-order chi connectivity index (χ1) is 8.40. The highest BCUT2D eigenvalue weighted by atomic mass is 16.1. The summed E-state index contributed by atoms with van der Waals surface area (Å²) in [6.45, 7) is 3.85. The third-order valence-electron chi connectivity index (χ3n) is 5.37. The van der Waals surface area contributed by atoms with Crippen molar-refractivity contribution in [2.45, 2.75) is 39.5 Å². The minimum absolute atomic E-state index is 0.0653. The predicted molar refractivity (Wildman–Crippen MR) is 63.8 cm³/mol. The zero-order chi connectivity index (χ0) is 13.6. The summed E-state index contributed by atoms with van der Waals surface area (Å²) >= 11 is 0. The van der Waals surface area contributed by atoms with E-state index in [0.29, 0.717) is 12.8 Å². The van der Waals surface area contributed by atoms with E-state index < -0.39 is 10.8 Å². The summed E-state index contributed by atoms with van der Waals surface area (Å²) in [5, 5.41) is 0. The zero-order valence-corrected chi connectivity index (χ0v) is 10.8. The van der Waals surface area contributed by atoms with Crippen molar-refractivity contribution in [3.63, 3.8) is 0 Å². The van der Waals surface area contributed by atoms with Gasteiger partial charge in [-0.25, -0.2) is 0 Å². The Balaban J connectivity index is 2.43. The van der Waals surface area contributed by atoms with Gasteiger partial charge >= 0.3 is 0 Å². The second-order valence-electron chi connectivity index (χ2n) is 6.03. The number of aldehydes is 2. The Kier molecular flexibility index (Phi) is 2.99. The van der Waals surface area contributed by atoms with E-state index in [9.17, 15) is 19.2 Å². The van der Waals surface area contributed by atoms with Crippen molar-refractivity contribution in [1.29, 1.82) is 0 Å². The highest BCUT2D eigenvalue weighted by molar-refractivity contribution is 5.95. The lowest BCUT2D eigenvalue weighted by Crippen LogP contribution is -2.36. The Bertz CT molecular complexity index is 388. The molecule has 2 aliphatic rings. The first-order valence-electron chi connectivity index (χ1n) is 6.33. The molecule has 0 aliphatic heterocycles. The predicted octanol–water partition coefficient (Wildman–Crippen LogP) is 1.35. The Hall–Kier alpha value is -1.32. The van der Waals surface area contributed by atoms with Gasteiger partial charge in [0.1, 0.15) is 24.1 Å². The fourth-order valence-electron chi connectivity index (χ4n) is 4.10. The van der Waals surface area contributed by atoms with Crippen LogP contribution in [0.25, 0.3) is 0 Å². The smallest absolute Gasteiger partial charge is 0.137 e. The van der Waals surface area contributed by atoms with E-state index >= 15 is 0 Å². The van der Waals surface area contributed by atoms with Crippen LogP contribution in [-0.2, 0) is 19.2 Å². The molecule has 0 aromatic carbocycles. The summed E-state index contributed by atoms with van der Waals surface area (Å²) in [6.07, 6.45) is 2.52. The van der Waals surface area contributed by atoms with Crippen LogP contribution in [0.15, 0.2) is 0 Å². The first kappa shape index (κ1) is 13.1. The molecule has 0 heterocycles. The number of Topliss-reactive ketones (excluding diaryl/α,β-unsaturated/α-hetero) is 2. The van der Waals surface area contributed by atoms with Gasteiger partial charge in [-0.1, -0.05) is 13.8 Å². The molecule has 2 fully saturated rings. The maximum atomic E-state index is 12.1. The van der Waals surface area contributed by atoms with Gasteiger partial charge < -0.3 is 9.59 Å². The fourth-order valence-corrected chi connectivity index (χ4v) is 4.10. The Morgan fingerprint density at radius 3 is 1.56 bits per heavy atom. The number of hydrogen-bond donors (Lipinski definition) is 0. The highest BCUT2D eigenvalue weighted by Crippen LogP contribution is 2.66. The summed E-state index contributed by atoms with van der Waals surface area (Å²) in [5.74, 6) is -0.591. The van der Waals surface area contributed by atoms with Gasteiger partial charge in [0.25, 0.3) is 0 Å². The minimum atomic E-state index is -0.463. The maximum Gasteiger partial charge on any atom is 0.137 e. The Morgan fingerprint density at radius 1 is 0.944 bits per heavy atom. The van der Waals surface area contributed by atoms with Crippen molar-refractivity contribution >= 4 is 24.1 Å². The molecule has 4 nitrogen and oxygen atoms in total. The zero-order valence-electron chi connectivity index (χ0n) is 10.8. The normalized spacial score (nSPS) is 43.0. The lowest BCUT2D eigenvalue weighted by molar-refractivity contribution is -0.127. The van der Waals surface area contributed by atoms with Crippen molar-refractivity contribution in [3.8, 4) is 0 Å². The van der Waals surface area contributed by atoms with Crippen LogP contribution in [-0.4, -0.2) is 24.1 Å². The molecular formula is C14H18O4. The molecule has 2 aliphatic carbocycles. The second kappa shape index (κ2) is 4.11. The van der Waals surface area contributed by atoms with Crippen molar-refractivity contribution in [1.82, 2.24) is 0 Å². The van der Waals surface area contributed by atoms with Crippen LogP contribution in [0.2, 0.25) is 0 Å². The van der Waals surface area contributed by atoms with Gasteiger partial charge in [-0.05, 0) is 10.8 Å². The number of carbonyl (C=O) groups excluding carboxylic acids is 4. The summed E-state index contributed by atoms with van der Waals surface area (Å²) in [7, 11) is 0. The molecule has 98 valence electrons. The van der Waals surface area contributed by atoms with E-state index in [1.54, 1.807) is 0 Å². The van der Waals surface area contributed by atoms with E-state index in [0.717, 1.165) is 12.6 Å². The highest BCUT2D eigenvalue weighted by Gasteiger charge is 2.67. The van der Waals surface area contributed by atoms with Gasteiger partial charge in [0.2, 0.25) is 0 Å². The molecule has 2 saturated carbocycles. The lowest BCUT2D eigenvalue weighted by Gasteiger charge is -2.39. The summed E-state index contributed by atoms with van der Waals surface area (Å²) < 4.78 is 0. The quantitative estimate of drug-likeness (QED) is 0.706. The van der Waals surface area contributed by atoms with E-state index in [1.165, 1.54) is 0 Å². The lowest BCUT2D eigenvalue weighted by atomic mass is 9.63. The van der Waals surface area contributed by atoms with Crippen LogP contribution in [0.4, 0.5) is 0 Å². The van der Waals surface area contributed by atoms with Crippen molar-refractivity contribution < 1.29 is 19.2 Å².